The molecule has 0 aliphatic rings. The second-order valence-electron chi connectivity index (χ2n) is 9.09. The van der Waals surface area contributed by atoms with Gasteiger partial charge in [0.2, 0.25) is 0 Å². The van der Waals surface area contributed by atoms with Crippen molar-refractivity contribution in [2.45, 2.75) is 46.3 Å². The summed E-state index contributed by atoms with van der Waals surface area (Å²) in [6.45, 7) is 9.79. The number of fused-ring (bicyclic) bond motifs is 1. The molecule has 0 amide bonds. The Morgan fingerprint density at radius 3 is 2.43 bits per heavy atom. The smallest absolute Gasteiger partial charge is 0.339 e. The van der Waals surface area contributed by atoms with E-state index in [-0.39, 0.29) is 6.61 Å². The van der Waals surface area contributed by atoms with Gasteiger partial charge < -0.3 is 9.47 Å². The molecule has 0 bridgehead atoms. The molecule has 182 valence electrons. The molecule has 0 saturated carbocycles. The molecule has 5 nitrogen and oxygen atoms in total. The number of benzene rings is 2. The fourth-order valence-electron chi connectivity index (χ4n) is 3.91. The maximum absolute atomic E-state index is 13.2. The molecule has 8 heteroatoms. The molecular formula is C27H26Cl2N2O3S. The van der Waals surface area contributed by atoms with Gasteiger partial charge in [0, 0.05) is 27.9 Å². The molecule has 0 aliphatic carbocycles. The predicted molar refractivity (Wildman–Crippen MR) is 143 cm³/mol. The standard InChI is InChI=1S/C27H26Cl2N2O3S/c1-6-33-26(32)23(34-27(3,4)5)21-15(2)13-19-24(22(21)16-7-9-18(28)10-8-16)35-25(31-19)17-11-12-30-20(29)14-17/h7-14,23H,6H2,1-5H3. The van der Waals surface area contributed by atoms with Crippen molar-refractivity contribution in [1.29, 1.82) is 0 Å². The van der Waals surface area contributed by atoms with E-state index in [1.54, 1.807) is 19.2 Å². The van der Waals surface area contributed by atoms with Crippen LogP contribution in [0.3, 0.4) is 0 Å². The van der Waals surface area contributed by atoms with E-state index in [0.717, 1.165) is 43.0 Å². The van der Waals surface area contributed by atoms with E-state index in [0.29, 0.717) is 10.2 Å². The number of carbonyl (C=O) groups is 1. The zero-order valence-corrected chi connectivity index (χ0v) is 22.5. The van der Waals surface area contributed by atoms with Crippen molar-refractivity contribution in [2.75, 3.05) is 6.61 Å². The summed E-state index contributed by atoms with van der Waals surface area (Å²) in [5, 5.41) is 1.83. The summed E-state index contributed by atoms with van der Waals surface area (Å²) in [7, 11) is 0. The van der Waals surface area contributed by atoms with Gasteiger partial charge in [-0.05, 0) is 76.1 Å². The zero-order valence-electron chi connectivity index (χ0n) is 20.2. The van der Waals surface area contributed by atoms with Crippen molar-refractivity contribution in [1.82, 2.24) is 9.97 Å². The summed E-state index contributed by atoms with van der Waals surface area (Å²) in [4.78, 5) is 22.2. The SMILES string of the molecule is CCOC(=O)C(OC(C)(C)C)c1c(C)cc2nc(-c3ccnc(Cl)c3)sc2c1-c1ccc(Cl)cc1. The second kappa shape index (κ2) is 10.2. The quantitative estimate of drug-likeness (QED) is 0.187. The molecule has 0 saturated heterocycles. The number of carbonyl (C=O) groups excluding carboxylic acids is 1. The summed E-state index contributed by atoms with van der Waals surface area (Å²) >= 11 is 13.9. The van der Waals surface area contributed by atoms with E-state index in [4.69, 9.17) is 37.7 Å². The largest absolute Gasteiger partial charge is 0.464 e. The van der Waals surface area contributed by atoms with Crippen molar-refractivity contribution in [3.63, 3.8) is 0 Å². The molecule has 0 aliphatic heterocycles. The first-order valence-electron chi connectivity index (χ1n) is 11.2. The van der Waals surface area contributed by atoms with Crippen molar-refractivity contribution in [2.24, 2.45) is 0 Å². The summed E-state index contributed by atoms with van der Waals surface area (Å²) in [5.74, 6) is -0.425. The predicted octanol–water partition coefficient (Wildman–Crippen LogP) is 8.06. The van der Waals surface area contributed by atoms with Gasteiger partial charge in [-0.2, -0.15) is 0 Å². The van der Waals surface area contributed by atoms with Gasteiger partial charge in [-0.15, -0.1) is 11.3 Å². The van der Waals surface area contributed by atoms with Crippen LogP contribution in [-0.4, -0.2) is 28.1 Å². The number of rotatable bonds is 6. The van der Waals surface area contributed by atoms with Gasteiger partial charge in [-0.3, -0.25) is 0 Å². The molecule has 0 radical (unpaired) electrons. The Morgan fingerprint density at radius 2 is 1.80 bits per heavy atom. The molecule has 2 aromatic carbocycles. The maximum atomic E-state index is 13.2. The first-order valence-corrected chi connectivity index (χ1v) is 12.8. The lowest BCUT2D eigenvalue weighted by Crippen LogP contribution is -2.29. The minimum atomic E-state index is -0.911. The highest BCUT2D eigenvalue weighted by Crippen LogP contribution is 2.44. The van der Waals surface area contributed by atoms with E-state index in [2.05, 4.69) is 4.98 Å². The summed E-state index contributed by atoms with van der Waals surface area (Å²) in [5.41, 5.74) is 4.55. The van der Waals surface area contributed by atoms with Crippen LogP contribution in [0.4, 0.5) is 0 Å². The Balaban J connectivity index is 2.03. The third-order valence-corrected chi connectivity index (χ3v) is 6.86. The van der Waals surface area contributed by atoms with Crippen molar-refractivity contribution >= 4 is 50.7 Å². The normalized spacial score (nSPS) is 12.7. The number of aromatic nitrogens is 2. The van der Waals surface area contributed by atoms with E-state index in [1.807, 2.05) is 64.1 Å². The Hall–Kier alpha value is -2.51. The Kier molecular flexibility index (Phi) is 7.48. The molecular weight excluding hydrogens is 503 g/mol. The van der Waals surface area contributed by atoms with Crippen molar-refractivity contribution < 1.29 is 14.3 Å². The summed E-state index contributed by atoms with van der Waals surface area (Å²) in [6.07, 6.45) is 0.750. The monoisotopic (exact) mass is 528 g/mol. The minimum Gasteiger partial charge on any atom is -0.464 e. The van der Waals surface area contributed by atoms with Gasteiger partial charge in [-0.1, -0.05) is 35.3 Å². The van der Waals surface area contributed by atoms with Crippen molar-refractivity contribution in [3.8, 4) is 21.7 Å². The average Bonchev–Trinajstić information content (AvgIpc) is 3.20. The third-order valence-electron chi connectivity index (χ3n) is 5.27. The van der Waals surface area contributed by atoms with Crippen LogP contribution in [0.5, 0.6) is 0 Å². The minimum absolute atomic E-state index is 0.258. The summed E-state index contributed by atoms with van der Waals surface area (Å²) < 4.78 is 12.7. The molecule has 4 rings (SSSR count). The van der Waals surface area contributed by atoms with Crippen molar-refractivity contribution in [3.05, 3.63) is 70.0 Å². The highest BCUT2D eigenvalue weighted by atomic mass is 35.5. The van der Waals surface area contributed by atoms with E-state index in [9.17, 15) is 4.79 Å². The van der Waals surface area contributed by atoms with Crippen LogP contribution in [0.15, 0.2) is 48.7 Å². The van der Waals surface area contributed by atoms with E-state index < -0.39 is 17.7 Å². The van der Waals surface area contributed by atoms with Gasteiger partial charge in [-0.25, -0.2) is 14.8 Å². The van der Waals surface area contributed by atoms with Crippen LogP contribution >= 0.6 is 34.5 Å². The molecule has 35 heavy (non-hydrogen) atoms. The maximum Gasteiger partial charge on any atom is 0.339 e. The molecule has 1 unspecified atom stereocenters. The van der Waals surface area contributed by atoms with Crippen LogP contribution in [-0.2, 0) is 14.3 Å². The van der Waals surface area contributed by atoms with Crippen LogP contribution in [0.2, 0.25) is 10.2 Å². The number of hydrogen-bond donors (Lipinski definition) is 0. The van der Waals surface area contributed by atoms with E-state index >= 15 is 0 Å². The fraction of sp³-hybridized carbons (Fsp3) is 0.296. The molecule has 1 atom stereocenters. The highest BCUT2D eigenvalue weighted by molar-refractivity contribution is 7.22. The number of aryl methyl sites for hydroxylation is 1. The Labute approximate surface area is 219 Å². The molecule has 4 aromatic rings. The number of pyridine rings is 1. The molecule has 0 N–H and O–H groups in total. The fourth-order valence-corrected chi connectivity index (χ4v) is 5.33. The Morgan fingerprint density at radius 1 is 1.09 bits per heavy atom. The molecule has 0 fully saturated rings. The van der Waals surface area contributed by atoms with Crippen LogP contribution in [0.1, 0.15) is 44.9 Å². The lowest BCUT2D eigenvalue weighted by molar-refractivity contribution is -0.166. The number of nitrogens with zero attached hydrogens (tertiary/aromatic N) is 2. The van der Waals surface area contributed by atoms with Gasteiger partial charge >= 0.3 is 5.97 Å². The third kappa shape index (κ3) is 5.67. The molecule has 2 aromatic heterocycles. The number of ether oxygens (including phenoxy) is 2. The first-order chi connectivity index (χ1) is 16.6. The number of hydrogen-bond acceptors (Lipinski definition) is 6. The van der Waals surface area contributed by atoms with Gasteiger partial charge in [0.1, 0.15) is 10.2 Å². The molecule has 2 heterocycles. The average molecular weight is 529 g/mol. The lowest BCUT2D eigenvalue weighted by Gasteiger charge is -2.29. The number of esters is 1. The zero-order chi connectivity index (χ0) is 25.3. The topological polar surface area (TPSA) is 61.3 Å². The Bertz CT molecular complexity index is 1380. The van der Waals surface area contributed by atoms with Gasteiger partial charge in [0.25, 0.3) is 0 Å². The second-order valence-corrected chi connectivity index (χ2v) is 10.9. The van der Waals surface area contributed by atoms with Gasteiger partial charge in [0.05, 0.1) is 22.4 Å². The highest BCUT2D eigenvalue weighted by Gasteiger charge is 2.33. The van der Waals surface area contributed by atoms with Crippen LogP contribution in [0.25, 0.3) is 31.9 Å². The number of halogens is 2. The lowest BCUT2D eigenvalue weighted by atomic mass is 9.91. The van der Waals surface area contributed by atoms with E-state index in [1.165, 1.54) is 11.3 Å². The first kappa shape index (κ1) is 25.6. The molecule has 0 spiro atoms. The van der Waals surface area contributed by atoms with Gasteiger partial charge in [0.15, 0.2) is 6.10 Å². The van der Waals surface area contributed by atoms with Crippen LogP contribution < -0.4 is 0 Å². The number of thiazole rings is 1. The van der Waals surface area contributed by atoms with Crippen LogP contribution in [0, 0.1) is 6.92 Å². The summed E-state index contributed by atoms with van der Waals surface area (Å²) in [6, 6.07) is 13.2.